The molecule has 0 N–H and O–H groups in total. The van der Waals surface area contributed by atoms with Gasteiger partial charge in [-0.2, -0.15) is 0 Å². The summed E-state index contributed by atoms with van der Waals surface area (Å²) < 4.78 is 0. The van der Waals surface area contributed by atoms with Crippen LogP contribution in [0.15, 0.2) is 67.2 Å². The lowest BCUT2D eigenvalue weighted by Gasteiger charge is -2.07. The zero-order chi connectivity index (χ0) is 13.2. The topological polar surface area (TPSA) is 12.9 Å². The van der Waals surface area contributed by atoms with Crippen molar-refractivity contribution in [2.75, 3.05) is 0 Å². The van der Waals surface area contributed by atoms with Crippen molar-refractivity contribution < 1.29 is 0 Å². The van der Waals surface area contributed by atoms with Crippen LogP contribution in [0.3, 0.4) is 0 Å². The predicted molar refractivity (Wildman–Crippen MR) is 81.1 cm³/mol. The van der Waals surface area contributed by atoms with Crippen LogP contribution in [0.1, 0.15) is 16.8 Å². The zero-order valence-corrected chi connectivity index (χ0v) is 10.9. The number of aryl methyl sites for hydroxylation is 1. The maximum Gasteiger partial charge on any atom is 0.0709 e. The fourth-order valence-corrected chi connectivity index (χ4v) is 2.21. The molecule has 0 saturated carbocycles. The largest absolute Gasteiger partial charge is 0.248 e. The van der Waals surface area contributed by atoms with Crippen molar-refractivity contribution >= 4 is 16.5 Å². The van der Waals surface area contributed by atoms with E-state index in [-0.39, 0.29) is 0 Å². The molecule has 0 spiro atoms. The summed E-state index contributed by atoms with van der Waals surface area (Å²) in [4.78, 5) is 4.68. The van der Waals surface area contributed by atoms with E-state index < -0.39 is 0 Å². The quantitative estimate of drug-likeness (QED) is 0.642. The number of para-hydroxylation sites is 1. The van der Waals surface area contributed by atoms with Gasteiger partial charge in [0, 0.05) is 11.0 Å². The highest BCUT2D eigenvalue weighted by Crippen LogP contribution is 2.22. The second kappa shape index (κ2) is 4.69. The first kappa shape index (κ1) is 11.7. The van der Waals surface area contributed by atoms with Crippen LogP contribution in [0.4, 0.5) is 0 Å². The molecule has 0 unspecified atom stereocenters. The molecule has 3 aromatic rings. The van der Waals surface area contributed by atoms with E-state index in [1.165, 1.54) is 5.56 Å². The van der Waals surface area contributed by atoms with Crippen molar-refractivity contribution in [3.63, 3.8) is 0 Å². The molecule has 1 nitrogen and oxygen atoms in total. The Labute approximate surface area is 113 Å². The van der Waals surface area contributed by atoms with Crippen LogP contribution in [0.25, 0.3) is 16.5 Å². The summed E-state index contributed by atoms with van der Waals surface area (Å²) >= 11 is 0. The number of fused-ring (bicyclic) bond motifs is 1. The minimum Gasteiger partial charge on any atom is -0.248 e. The van der Waals surface area contributed by atoms with Gasteiger partial charge in [0.15, 0.2) is 0 Å². The van der Waals surface area contributed by atoms with E-state index in [1.54, 1.807) is 0 Å². The van der Waals surface area contributed by atoms with E-state index in [2.05, 4.69) is 54.9 Å². The Bertz CT molecular complexity index is 756. The zero-order valence-electron chi connectivity index (χ0n) is 10.9. The Kier molecular flexibility index (Phi) is 2.88. The van der Waals surface area contributed by atoms with Crippen LogP contribution in [-0.4, -0.2) is 4.98 Å². The number of rotatable bonds is 2. The molecule has 0 fully saturated rings. The fourth-order valence-electron chi connectivity index (χ4n) is 2.21. The Morgan fingerprint density at radius 2 is 1.79 bits per heavy atom. The van der Waals surface area contributed by atoms with Crippen LogP contribution in [-0.2, 0) is 0 Å². The van der Waals surface area contributed by atoms with Gasteiger partial charge in [0.2, 0.25) is 0 Å². The molecule has 1 aromatic heterocycles. The third-order valence-corrected chi connectivity index (χ3v) is 3.27. The molecular weight excluding hydrogens is 230 g/mol. The van der Waals surface area contributed by atoms with Crippen molar-refractivity contribution in [1.82, 2.24) is 4.98 Å². The molecule has 0 aliphatic carbocycles. The van der Waals surface area contributed by atoms with Crippen LogP contribution in [0.2, 0.25) is 0 Å². The lowest BCUT2D eigenvalue weighted by molar-refractivity contribution is 1.33. The first-order valence-corrected chi connectivity index (χ1v) is 6.36. The molecule has 0 atom stereocenters. The third kappa shape index (κ3) is 2.27. The molecule has 0 aliphatic heterocycles. The first-order chi connectivity index (χ1) is 9.24. The summed E-state index contributed by atoms with van der Waals surface area (Å²) in [6.07, 6.45) is 0. The number of aromatic nitrogens is 1. The summed E-state index contributed by atoms with van der Waals surface area (Å²) in [5.74, 6) is 0. The monoisotopic (exact) mass is 245 g/mol. The molecule has 0 amide bonds. The summed E-state index contributed by atoms with van der Waals surface area (Å²) in [6, 6.07) is 20.6. The van der Waals surface area contributed by atoms with Crippen molar-refractivity contribution in [3.05, 3.63) is 84.1 Å². The average molecular weight is 245 g/mol. The van der Waals surface area contributed by atoms with Gasteiger partial charge in [-0.15, -0.1) is 0 Å². The van der Waals surface area contributed by atoms with Gasteiger partial charge in [0.25, 0.3) is 0 Å². The number of benzene rings is 2. The fraction of sp³-hybridized carbons (Fsp3) is 0.0556. The highest BCUT2D eigenvalue weighted by molar-refractivity contribution is 5.83. The summed E-state index contributed by atoms with van der Waals surface area (Å²) in [6.45, 7) is 6.27. The van der Waals surface area contributed by atoms with E-state index in [4.69, 9.17) is 0 Å². The molecule has 19 heavy (non-hydrogen) atoms. The maximum atomic E-state index is 4.68. The molecule has 0 saturated heterocycles. The average Bonchev–Trinajstić information content (AvgIpc) is 2.46. The summed E-state index contributed by atoms with van der Waals surface area (Å²) in [7, 11) is 0. The lowest BCUT2D eigenvalue weighted by Crippen LogP contribution is -1.91. The van der Waals surface area contributed by atoms with Crippen LogP contribution in [0, 0.1) is 6.92 Å². The molecule has 0 bridgehead atoms. The SMILES string of the molecule is C=C(c1cccc(C)c1)c1ccc2ccccc2n1. The standard InChI is InChI=1S/C18H15N/c1-13-6-5-8-16(12-13)14(2)17-11-10-15-7-3-4-9-18(15)19-17/h3-12H,2H2,1H3. The minimum absolute atomic E-state index is 0.935. The Balaban J connectivity index is 2.06. The molecule has 2 aromatic carbocycles. The number of hydrogen-bond donors (Lipinski definition) is 0. The number of hydrogen-bond acceptors (Lipinski definition) is 1. The molecule has 92 valence electrons. The van der Waals surface area contributed by atoms with Gasteiger partial charge in [0.05, 0.1) is 11.2 Å². The Morgan fingerprint density at radius 3 is 2.63 bits per heavy atom. The van der Waals surface area contributed by atoms with E-state index >= 15 is 0 Å². The van der Waals surface area contributed by atoms with E-state index in [9.17, 15) is 0 Å². The molecule has 0 radical (unpaired) electrons. The van der Waals surface area contributed by atoms with Gasteiger partial charge in [0.1, 0.15) is 0 Å². The van der Waals surface area contributed by atoms with Crippen molar-refractivity contribution in [3.8, 4) is 0 Å². The van der Waals surface area contributed by atoms with E-state index in [0.717, 1.165) is 27.7 Å². The molecule has 3 rings (SSSR count). The number of nitrogens with zero attached hydrogens (tertiary/aromatic N) is 1. The molecular formula is C18H15N. The molecule has 1 heteroatoms. The first-order valence-electron chi connectivity index (χ1n) is 6.36. The van der Waals surface area contributed by atoms with Gasteiger partial charge < -0.3 is 0 Å². The third-order valence-electron chi connectivity index (χ3n) is 3.27. The molecule has 1 heterocycles. The van der Waals surface area contributed by atoms with Crippen LogP contribution < -0.4 is 0 Å². The lowest BCUT2D eigenvalue weighted by atomic mass is 10.0. The summed E-state index contributed by atoms with van der Waals surface area (Å²) in [5, 5.41) is 1.16. The van der Waals surface area contributed by atoms with Gasteiger partial charge >= 0.3 is 0 Å². The Hall–Kier alpha value is -2.41. The second-order valence-corrected chi connectivity index (χ2v) is 4.74. The van der Waals surface area contributed by atoms with Gasteiger partial charge in [-0.05, 0) is 24.6 Å². The second-order valence-electron chi connectivity index (χ2n) is 4.74. The van der Waals surface area contributed by atoms with Crippen LogP contribution >= 0.6 is 0 Å². The van der Waals surface area contributed by atoms with E-state index in [1.807, 2.05) is 24.3 Å². The Morgan fingerprint density at radius 1 is 0.947 bits per heavy atom. The number of pyridine rings is 1. The highest BCUT2D eigenvalue weighted by atomic mass is 14.7. The predicted octanol–water partition coefficient (Wildman–Crippen LogP) is 4.60. The normalized spacial score (nSPS) is 10.6. The van der Waals surface area contributed by atoms with Gasteiger partial charge in [-0.1, -0.05) is 60.7 Å². The van der Waals surface area contributed by atoms with E-state index in [0.29, 0.717) is 0 Å². The van der Waals surface area contributed by atoms with Crippen molar-refractivity contribution in [1.29, 1.82) is 0 Å². The maximum absolute atomic E-state index is 4.68. The van der Waals surface area contributed by atoms with Gasteiger partial charge in [-0.3, -0.25) is 0 Å². The van der Waals surface area contributed by atoms with Crippen LogP contribution in [0.5, 0.6) is 0 Å². The minimum atomic E-state index is 0.935. The summed E-state index contributed by atoms with van der Waals surface area (Å²) in [5.41, 5.74) is 5.27. The van der Waals surface area contributed by atoms with Gasteiger partial charge in [-0.25, -0.2) is 4.98 Å². The smallest absolute Gasteiger partial charge is 0.0709 e. The van der Waals surface area contributed by atoms with Crippen molar-refractivity contribution in [2.45, 2.75) is 6.92 Å². The van der Waals surface area contributed by atoms with Crippen molar-refractivity contribution in [2.24, 2.45) is 0 Å². The highest BCUT2D eigenvalue weighted by Gasteiger charge is 2.05. The molecule has 0 aliphatic rings.